The summed E-state index contributed by atoms with van der Waals surface area (Å²) in [6.07, 6.45) is 1.08. The molecule has 0 N–H and O–H groups in total. The number of piperidine rings is 1. The molecule has 2 heterocycles. The number of sulfone groups is 1. The minimum atomic E-state index is -3.43. The van der Waals surface area contributed by atoms with Crippen LogP contribution in [0.4, 0.5) is 9.52 Å². The van der Waals surface area contributed by atoms with Crippen LogP contribution in [0.5, 0.6) is 0 Å². The summed E-state index contributed by atoms with van der Waals surface area (Å²) < 4.78 is 38.6. The Bertz CT molecular complexity index is 1010. The van der Waals surface area contributed by atoms with E-state index in [-0.39, 0.29) is 4.90 Å². The molecule has 0 bridgehead atoms. The van der Waals surface area contributed by atoms with Gasteiger partial charge in [0.15, 0.2) is 15.0 Å². The number of rotatable bonds is 4. The van der Waals surface area contributed by atoms with Crippen LogP contribution < -0.4 is 4.90 Å². The molecule has 0 unspecified atom stereocenters. The van der Waals surface area contributed by atoms with Gasteiger partial charge in [-0.3, -0.25) is 0 Å². The van der Waals surface area contributed by atoms with Gasteiger partial charge >= 0.3 is 0 Å². The molecule has 0 spiro atoms. The topological polar surface area (TPSA) is 50.3 Å². The van der Waals surface area contributed by atoms with Crippen LogP contribution in [0, 0.1) is 5.82 Å². The van der Waals surface area contributed by atoms with E-state index in [1.54, 1.807) is 11.3 Å². The van der Waals surface area contributed by atoms with Crippen molar-refractivity contribution in [2.45, 2.75) is 23.0 Å². The van der Waals surface area contributed by atoms with Crippen molar-refractivity contribution in [3.63, 3.8) is 0 Å². The molecule has 27 heavy (non-hydrogen) atoms. The number of hydrogen-bond donors (Lipinski definition) is 0. The SMILES string of the molecule is O=S(=O)(c1ccc(F)cc1)C1CCN(c2nc(-c3ccccc3)cs2)CC1. The highest BCUT2D eigenvalue weighted by Crippen LogP contribution is 2.31. The van der Waals surface area contributed by atoms with Crippen LogP contribution >= 0.6 is 11.3 Å². The first kappa shape index (κ1) is 18.1. The highest BCUT2D eigenvalue weighted by Gasteiger charge is 2.32. The third kappa shape index (κ3) is 3.75. The number of aromatic nitrogens is 1. The summed E-state index contributed by atoms with van der Waals surface area (Å²) in [6, 6.07) is 15.1. The molecule has 0 radical (unpaired) electrons. The Morgan fingerprint density at radius 1 is 1.00 bits per heavy atom. The molecule has 1 fully saturated rings. The lowest BCUT2D eigenvalue weighted by molar-refractivity contribution is 0.529. The average molecular weight is 403 g/mol. The van der Waals surface area contributed by atoms with Gasteiger partial charge in [-0.15, -0.1) is 11.3 Å². The average Bonchev–Trinajstić information content (AvgIpc) is 3.19. The van der Waals surface area contributed by atoms with Gasteiger partial charge in [0.25, 0.3) is 0 Å². The first-order chi connectivity index (χ1) is 13.0. The summed E-state index contributed by atoms with van der Waals surface area (Å²) in [6.45, 7) is 1.29. The second kappa shape index (κ2) is 7.40. The second-order valence-electron chi connectivity index (χ2n) is 6.57. The molecule has 0 amide bonds. The Kier molecular flexibility index (Phi) is 4.97. The highest BCUT2D eigenvalue weighted by atomic mass is 32.2. The van der Waals surface area contributed by atoms with Crippen molar-refractivity contribution in [1.29, 1.82) is 0 Å². The Balaban J connectivity index is 1.45. The molecule has 1 aliphatic heterocycles. The zero-order valence-electron chi connectivity index (χ0n) is 14.6. The molecule has 7 heteroatoms. The number of halogens is 1. The van der Waals surface area contributed by atoms with Crippen molar-refractivity contribution < 1.29 is 12.8 Å². The number of anilines is 1. The maximum absolute atomic E-state index is 13.1. The molecule has 0 saturated carbocycles. The largest absolute Gasteiger partial charge is 0.348 e. The molecule has 4 rings (SSSR count). The van der Waals surface area contributed by atoms with Crippen LogP contribution in [0.25, 0.3) is 11.3 Å². The minimum absolute atomic E-state index is 0.197. The van der Waals surface area contributed by atoms with E-state index < -0.39 is 20.9 Å². The molecule has 1 saturated heterocycles. The third-order valence-corrected chi connectivity index (χ3v) is 8.03. The van der Waals surface area contributed by atoms with Gasteiger partial charge in [-0.05, 0) is 37.1 Å². The summed E-state index contributed by atoms with van der Waals surface area (Å²) in [5, 5.41) is 2.52. The molecule has 1 aliphatic rings. The number of thiazole rings is 1. The molecule has 1 aromatic heterocycles. The molecule has 140 valence electrons. The van der Waals surface area contributed by atoms with Gasteiger partial charge in [0.1, 0.15) is 5.82 Å². The van der Waals surface area contributed by atoms with Crippen molar-refractivity contribution >= 4 is 26.3 Å². The Hall–Kier alpha value is -2.25. The van der Waals surface area contributed by atoms with Crippen LogP contribution in [0.1, 0.15) is 12.8 Å². The van der Waals surface area contributed by atoms with Gasteiger partial charge in [-0.25, -0.2) is 17.8 Å². The van der Waals surface area contributed by atoms with Crippen molar-refractivity contribution in [3.05, 3.63) is 65.8 Å². The van der Waals surface area contributed by atoms with E-state index >= 15 is 0 Å². The zero-order chi connectivity index (χ0) is 18.9. The lowest BCUT2D eigenvalue weighted by Gasteiger charge is -2.31. The molecule has 3 aromatic rings. The summed E-state index contributed by atoms with van der Waals surface area (Å²) in [5.41, 5.74) is 2.02. The predicted octanol–water partition coefficient (Wildman–Crippen LogP) is 4.39. The van der Waals surface area contributed by atoms with Gasteiger partial charge in [0, 0.05) is 24.0 Å². The van der Waals surface area contributed by atoms with Gasteiger partial charge < -0.3 is 4.90 Å². The van der Waals surface area contributed by atoms with Crippen LogP contribution in [0.15, 0.2) is 64.9 Å². The Labute approximate surface area is 162 Å². The molecule has 0 aliphatic carbocycles. The summed E-state index contributed by atoms with van der Waals surface area (Å²) in [5.74, 6) is -0.429. The maximum atomic E-state index is 13.1. The van der Waals surface area contributed by atoms with Crippen molar-refractivity contribution in [2.75, 3.05) is 18.0 Å². The first-order valence-electron chi connectivity index (χ1n) is 8.79. The monoisotopic (exact) mass is 402 g/mol. The van der Waals surface area contributed by atoms with Gasteiger partial charge in [-0.1, -0.05) is 30.3 Å². The quantitative estimate of drug-likeness (QED) is 0.607. The normalized spacial score (nSPS) is 15.8. The minimum Gasteiger partial charge on any atom is -0.348 e. The number of nitrogens with zero attached hydrogens (tertiary/aromatic N) is 2. The van der Waals surface area contributed by atoms with Crippen LogP contribution in [-0.2, 0) is 9.84 Å². The van der Waals surface area contributed by atoms with E-state index in [9.17, 15) is 12.8 Å². The van der Waals surface area contributed by atoms with E-state index in [0.717, 1.165) is 16.4 Å². The predicted molar refractivity (Wildman–Crippen MR) is 106 cm³/mol. The van der Waals surface area contributed by atoms with E-state index in [1.807, 2.05) is 35.7 Å². The van der Waals surface area contributed by atoms with Gasteiger partial charge in [0.2, 0.25) is 0 Å². The number of hydrogen-bond acceptors (Lipinski definition) is 5. The van der Waals surface area contributed by atoms with Crippen molar-refractivity contribution in [3.8, 4) is 11.3 Å². The van der Waals surface area contributed by atoms with Crippen LogP contribution in [0.2, 0.25) is 0 Å². The van der Waals surface area contributed by atoms with Crippen molar-refractivity contribution in [2.24, 2.45) is 0 Å². The van der Waals surface area contributed by atoms with Crippen LogP contribution in [-0.4, -0.2) is 31.7 Å². The highest BCUT2D eigenvalue weighted by molar-refractivity contribution is 7.92. The van der Waals surface area contributed by atoms with Gasteiger partial charge in [0.05, 0.1) is 15.8 Å². The maximum Gasteiger partial charge on any atom is 0.185 e. The Morgan fingerprint density at radius 2 is 1.67 bits per heavy atom. The van der Waals surface area contributed by atoms with E-state index in [2.05, 4.69) is 4.90 Å². The lowest BCUT2D eigenvalue weighted by Crippen LogP contribution is -2.39. The first-order valence-corrected chi connectivity index (χ1v) is 11.2. The van der Waals surface area contributed by atoms with Gasteiger partial charge in [-0.2, -0.15) is 0 Å². The zero-order valence-corrected chi connectivity index (χ0v) is 16.2. The smallest absolute Gasteiger partial charge is 0.185 e. The fourth-order valence-electron chi connectivity index (χ4n) is 3.33. The number of benzene rings is 2. The Morgan fingerprint density at radius 3 is 2.33 bits per heavy atom. The molecular formula is C20H19FN2O2S2. The fraction of sp³-hybridized carbons (Fsp3) is 0.250. The fourth-order valence-corrected chi connectivity index (χ4v) is 5.95. The van der Waals surface area contributed by atoms with Crippen molar-refractivity contribution in [1.82, 2.24) is 4.98 Å². The van der Waals surface area contributed by atoms with E-state index in [0.29, 0.717) is 25.9 Å². The molecular weight excluding hydrogens is 383 g/mol. The molecule has 2 aromatic carbocycles. The van der Waals surface area contributed by atoms with E-state index in [1.165, 1.54) is 24.3 Å². The second-order valence-corrected chi connectivity index (χ2v) is 9.63. The summed E-state index contributed by atoms with van der Waals surface area (Å²) in [4.78, 5) is 7.06. The summed E-state index contributed by atoms with van der Waals surface area (Å²) in [7, 11) is -3.43. The molecule has 0 atom stereocenters. The third-order valence-electron chi connectivity index (χ3n) is 4.86. The standard InChI is InChI=1S/C20H19FN2O2S2/c21-16-6-8-17(9-7-16)27(24,25)18-10-12-23(13-11-18)20-22-19(14-26-20)15-4-2-1-3-5-15/h1-9,14,18H,10-13H2. The van der Waals surface area contributed by atoms with Crippen LogP contribution in [0.3, 0.4) is 0 Å². The lowest BCUT2D eigenvalue weighted by atomic mass is 10.1. The molecule has 4 nitrogen and oxygen atoms in total. The summed E-state index contributed by atoms with van der Waals surface area (Å²) >= 11 is 1.58. The van der Waals surface area contributed by atoms with E-state index in [4.69, 9.17) is 4.98 Å².